The van der Waals surface area contributed by atoms with E-state index in [9.17, 15) is 14.0 Å². The minimum atomic E-state index is -0.358. The Labute approximate surface area is 172 Å². The molecule has 6 nitrogen and oxygen atoms in total. The predicted octanol–water partition coefficient (Wildman–Crippen LogP) is 3.67. The number of amides is 2. The Hall–Kier alpha value is -3.87. The molecule has 0 unspecified atom stereocenters. The second kappa shape index (κ2) is 8.65. The van der Waals surface area contributed by atoms with Gasteiger partial charge < -0.3 is 20.1 Å². The van der Waals surface area contributed by atoms with E-state index in [0.717, 1.165) is 5.56 Å². The lowest BCUT2D eigenvalue weighted by Gasteiger charge is -2.12. The summed E-state index contributed by atoms with van der Waals surface area (Å²) in [5, 5.41) is 5.60. The number of hydrogen-bond donors (Lipinski definition) is 2. The molecule has 0 aromatic heterocycles. The molecule has 0 fully saturated rings. The van der Waals surface area contributed by atoms with Crippen molar-refractivity contribution in [3.8, 4) is 11.5 Å². The lowest BCUT2D eigenvalue weighted by Crippen LogP contribution is -2.25. The number of benzene rings is 3. The summed E-state index contributed by atoms with van der Waals surface area (Å²) in [6.07, 6.45) is 0.0768. The third-order valence-electron chi connectivity index (χ3n) is 4.61. The monoisotopic (exact) mass is 406 g/mol. The van der Waals surface area contributed by atoms with Crippen LogP contribution in [0, 0.1) is 5.82 Å². The van der Waals surface area contributed by atoms with Crippen LogP contribution in [0.2, 0.25) is 0 Å². The van der Waals surface area contributed by atoms with Crippen molar-refractivity contribution < 1.29 is 23.5 Å². The van der Waals surface area contributed by atoms with Crippen molar-refractivity contribution in [1.82, 2.24) is 5.32 Å². The number of carbonyl (C=O) groups excluding carboxylic acids is 2. The third-order valence-corrected chi connectivity index (χ3v) is 4.61. The Morgan fingerprint density at radius 3 is 2.47 bits per heavy atom. The highest BCUT2D eigenvalue weighted by molar-refractivity contribution is 6.04. The van der Waals surface area contributed by atoms with E-state index in [1.165, 1.54) is 12.1 Å². The maximum Gasteiger partial charge on any atom is 0.253 e. The van der Waals surface area contributed by atoms with E-state index in [1.54, 1.807) is 42.5 Å². The summed E-state index contributed by atoms with van der Waals surface area (Å²) in [7, 11) is 0. The van der Waals surface area contributed by atoms with E-state index in [4.69, 9.17) is 9.47 Å². The number of halogens is 1. The topological polar surface area (TPSA) is 76.7 Å². The van der Waals surface area contributed by atoms with E-state index in [1.807, 2.05) is 12.1 Å². The van der Waals surface area contributed by atoms with Crippen LogP contribution in [0.5, 0.6) is 11.5 Å². The van der Waals surface area contributed by atoms with Crippen LogP contribution in [0.3, 0.4) is 0 Å². The smallest absolute Gasteiger partial charge is 0.253 e. The molecule has 4 rings (SSSR count). The SMILES string of the molecule is O=C(Cc1ccc(F)cc1)Nc1ccccc1C(=O)NCc1ccc2c(c1)OCO2. The molecule has 1 heterocycles. The van der Waals surface area contributed by atoms with Crippen LogP contribution in [0.1, 0.15) is 21.5 Å². The Morgan fingerprint density at radius 2 is 1.63 bits per heavy atom. The van der Waals surface area contributed by atoms with E-state index in [0.29, 0.717) is 34.9 Å². The average molecular weight is 406 g/mol. The predicted molar refractivity (Wildman–Crippen MR) is 109 cm³/mol. The third kappa shape index (κ3) is 4.57. The first-order valence-electron chi connectivity index (χ1n) is 9.38. The van der Waals surface area contributed by atoms with Gasteiger partial charge in [-0.1, -0.05) is 30.3 Å². The van der Waals surface area contributed by atoms with Crippen LogP contribution in [0.15, 0.2) is 66.7 Å². The van der Waals surface area contributed by atoms with Gasteiger partial charge >= 0.3 is 0 Å². The molecule has 30 heavy (non-hydrogen) atoms. The molecule has 0 aliphatic carbocycles. The maximum atomic E-state index is 13.0. The van der Waals surface area contributed by atoms with E-state index < -0.39 is 0 Å². The molecule has 0 bridgehead atoms. The van der Waals surface area contributed by atoms with Gasteiger partial charge in [-0.15, -0.1) is 0 Å². The highest BCUT2D eigenvalue weighted by atomic mass is 19.1. The van der Waals surface area contributed by atoms with Gasteiger partial charge in [0.15, 0.2) is 11.5 Å². The molecule has 0 saturated heterocycles. The maximum absolute atomic E-state index is 13.0. The fraction of sp³-hybridized carbons (Fsp3) is 0.130. The molecule has 3 aromatic rings. The molecule has 152 valence electrons. The zero-order valence-electron chi connectivity index (χ0n) is 16.0. The molecule has 0 radical (unpaired) electrons. The Balaban J connectivity index is 1.40. The van der Waals surface area contributed by atoms with Crippen molar-refractivity contribution in [1.29, 1.82) is 0 Å². The lowest BCUT2D eigenvalue weighted by molar-refractivity contribution is -0.115. The zero-order chi connectivity index (χ0) is 20.9. The summed E-state index contributed by atoms with van der Waals surface area (Å²) in [6.45, 7) is 0.490. The minimum Gasteiger partial charge on any atom is -0.454 e. The van der Waals surface area contributed by atoms with Crippen molar-refractivity contribution in [2.45, 2.75) is 13.0 Å². The fourth-order valence-electron chi connectivity index (χ4n) is 3.10. The van der Waals surface area contributed by atoms with E-state index >= 15 is 0 Å². The highest BCUT2D eigenvalue weighted by Crippen LogP contribution is 2.32. The number of carbonyl (C=O) groups is 2. The number of para-hydroxylation sites is 1. The first-order valence-corrected chi connectivity index (χ1v) is 9.38. The summed E-state index contributed by atoms with van der Waals surface area (Å²) < 4.78 is 23.6. The van der Waals surface area contributed by atoms with Gasteiger partial charge in [0.05, 0.1) is 17.7 Å². The number of hydrogen-bond acceptors (Lipinski definition) is 4. The average Bonchev–Trinajstić information content (AvgIpc) is 3.22. The molecule has 0 saturated carbocycles. The summed E-state index contributed by atoms with van der Waals surface area (Å²) in [6, 6.07) is 18.0. The molecule has 7 heteroatoms. The number of fused-ring (bicyclic) bond motifs is 1. The van der Waals surface area contributed by atoms with Gasteiger partial charge in [-0.25, -0.2) is 4.39 Å². The number of ether oxygens (including phenoxy) is 2. The Bertz CT molecular complexity index is 1080. The number of rotatable bonds is 6. The molecular weight excluding hydrogens is 387 g/mol. The van der Waals surface area contributed by atoms with E-state index in [2.05, 4.69) is 10.6 Å². The van der Waals surface area contributed by atoms with Gasteiger partial charge in [0.25, 0.3) is 5.91 Å². The van der Waals surface area contributed by atoms with Gasteiger partial charge in [-0.05, 0) is 47.5 Å². The molecular formula is C23H19FN2O4. The zero-order valence-corrected chi connectivity index (χ0v) is 16.0. The van der Waals surface area contributed by atoms with Crippen molar-refractivity contribution in [3.63, 3.8) is 0 Å². The normalized spacial score (nSPS) is 11.8. The summed E-state index contributed by atoms with van der Waals surface area (Å²) in [5.74, 6) is 0.362. The van der Waals surface area contributed by atoms with Gasteiger partial charge in [-0.3, -0.25) is 9.59 Å². The molecule has 0 atom stereocenters. The second-order valence-corrected chi connectivity index (χ2v) is 6.77. The Kier molecular flexibility index (Phi) is 5.61. The van der Waals surface area contributed by atoms with Crippen molar-refractivity contribution in [2.75, 3.05) is 12.1 Å². The second-order valence-electron chi connectivity index (χ2n) is 6.77. The summed E-state index contributed by atoms with van der Waals surface area (Å²) in [4.78, 5) is 25.1. The largest absolute Gasteiger partial charge is 0.454 e. The lowest BCUT2D eigenvalue weighted by atomic mass is 10.1. The first kappa shape index (κ1) is 19.4. The summed E-state index contributed by atoms with van der Waals surface area (Å²) >= 11 is 0. The molecule has 0 spiro atoms. The van der Waals surface area contributed by atoms with Crippen LogP contribution < -0.4 is 20.1 Å². The Morgan fingerprint density at radius 1 is 0.900 bits per heavy atom. The van der Waals surface area contributed by atoms with Gasteiger partial charge in [0.1, 0.15) is 5.82 Å². The molecule has 2 amide bonds. The fourth-order valence-corrected chi connectivity index (χ4v) is 3.10. The molecule has 3 aromatic carbocycles. The van der Waals surface area contributed by atoms with Crippen LogP contribution >= 0.6 is 0 Å². The van der Waals surface area contributed by atoms with Crippen LogP contribution in [0.4, 0.5) is 10.1 Å². The van der Waals surface area contributed by atoms with Crippen LogP contribution in [-0.4, -0.2) is 18.6 Å². The standard InChI is InChI=1S/C23H19FN2O4/c24-17-8-5-15(6-9-17)12-22(27)26-19-4-2-1-3-18(19)23(28)25-13-16-7-10-20-21(11-16)30-14-29-20/h1-11H,12-14H2,(H,25,28)(H,26,27). The van der Waals surface area contributed by atoms with Gasteiger partial charge in [-0.2, -0.15) is 0 Å². The quantitative estimate of drug-likeness (QED) is 0.655. The molecule has 1 aliphatic heterocycles. The van der Waals surface area contributed by atoms with Crippen molar-refractivity contribution in [2.24, 2.45) is 0 Å². The van der Waals surface area contributed by atoms with Crippen molar-refractivity contribution >= 4 is 17.5 Å². The number of nitrogens with one attached hydrogen (secondary N) is 2. The summed E-state index contributed by atoms with van der Waals surface area (Å²) in [5.41, 5.74) is 2.31. The highest BCUT2D eigenvalue weighted by Gasteiger charge is 2.16. The first-order chi connectivity index (χ1) is 14.6. The molecule has 2 N–H and O–H groups in total. The molecule has 1 aliphatic rings. The van der Waals surface area contributed by atoms with Crippen molar-refractivity contribution in [3.05, 3.63) is 89.2 Å². The van der Waals surface area contributed by atoms with Gasteiger partial charge in [0.2, 0.25) is 12.7 Å². The van der Waals surface area contributed by atoms with Crippen LogP contribution in [-0.2, 0) is 17.8 Å². The van der Waals surface area contributed by atoms with Crippen LogP contribution in [0.25, 0.3) is 0 Å². The minimum absolute atomic E-state index is 0.0768. The van der Waals surface area contributed by atoms with Gasteiger partial charge in [0, 0.05) is 6.54 Å². The number of anilines is 1. The van der Waals surface area contributed by atoms with E-state index in [-0.39, 0.29) is 30.8 Å².